The summed E-state index contributed by atoms with van der Waals surface area (Å²) in [7, 11) is 1.85. The summed E-state index contributed by atoms with van der Waals surface area (Å²) in [5.74, 6) is 0.829. The summed E-state index contributed by atoms with van der Waals surface area (Å²) in [5, 5.41) is 2.94. The fourth-order valence-corrected chi connectivity index (χ4v) is 1.10. The normalized spacial score (nSPS) is 12.0. The van der Waals surface area contributed by atoms with Crippen molar-refractivity contribution in [2.45, 2.75) is 12.7 Å². The molecule has 16 heavy (non-hydrogen) atoms. The van der Waals surface area contributed by atoms with E-state index in [1.54, 1.807) is 12.4 Å². The molecule has 0 spiro atoms. The molecule has 0 aliphatic heterocycles. The second-order valence-corrected chi connectivity index (χ2v) is 3.30. The Kier molecular flexibility index (Phi) is 4.75. The van der Waals surface area contributed by atoms with E-state index in [-0.39, 0.29) is 6.61 Å². The lowest BCUT2D eigenvalue weighted by atomic mass is 10.5. The van der Waals surface area contributed by atoms with Crippen LogP contribution in [0.4, 0.5) is 13.2 Å². The van der Waals surface area contributed by atoms with Gasteiger partial charge in [0.25, 0.3) is 0 Å². The standard InChI is InChI=1S/C9H14F3N3O/c1-15-4-2-14-8(15)6-13-3-5-16-7-9(10,11)12/h2,4,13H,3,5-7H2,1H3. The molecule has 7 heteroatoms. The smallest absolute Gasteiger partial charge is 0.371 e. The van der Waals surface area contributed by atoms with Crippen molar-refractivity contribution in [2.24, 2.45) is 7.05 Å². The molecular formula is C9H14F3N3O. The molecule has 0 fully saturated rings. The average molecular weight is 237 g/mol. The van der Waals surface area contributed by atoms with E-state index in [4.69, 9.17) is 0 Å². The van der Waals surface area contributed by atoms with Gasteiger partial charge in [0.15, 0.2) is 0 Å². The Bertz CT molecular complexity index is 311. The predicted molar refractivity (Wildman–Crippen MR) is 51.8 cm³/mol. The number of ether oxygens (including phenoxy) is 1. The van der Waals surface area contributed by atoms with Gasteiger partial charge < -0.3 is 14.6 Å². The van der Waals surface area contributed by atoms with E-state index in [1.165, 1.54) is 0 Å². The minimum atomic E-state index is -4.25. The molecule has 0 saturated heterocycles. The number of halogens is 3. The molecule has 1 N–H and O–H groups in total. The molecule has 0 radical (unpaired) electrons. The molecular weight excluding hydrogens is 223 g/mol. The Morgan fingerprint density at radius 2 is 2.25 bits per heavy atom. The fraction of sp³-hybridized carbons (Fsp3) is 0.667. The van der Waals surface area contributed by atoms with E-state index in [0.29, 0.717) is 13.1 Å². The highest BCUT2D eigenvalue weighted by atomic mass is 19.4. The third-order valence-electron chi connectivity index (χ3n) is 1.89. The molecule has 92 valence electrons. The lowest BCUT2D eigenvalue weighted by molar-refractivity contribution is -0.173. The first kappa shape index (κ1) is 13.0. The summed E-state index contributed by atoms with van der Waals surface area (Å²) in [6, 6.07) is 0. The zero-order valence-corrected chi connectivity index (χ0v) is 8.92. The highest BCUT2D eigenvalue weighted by Gasteiger charge is 2.27. The van der Waals surface area contributed by atoms with E-state index < -0.39 is 12.8 Å². The number of hydrogen-bond acceptors (Lipinski definition) is 3. The van der Waals surface area contributed by atoms with Gasteiger partial charge in [-0.1, -0.05) is 0 Å². The van der Waals surface area contributed by atoms with E-state index >= 15 is 0 Å². The predicted octanol–water partition coefficient (Wildman–Crippen LogP) is 1.09. The summed E-state index contributed by atoms with van der Waals surface area (Å²) in [6.07, 6.45) is -0.784. The lowest BCUT2D eigenvalue weighted by Crippen LogP contribution is -2.24. The van der Waals surface area contributed by atoms with Crippen molar-refractivity contribution in [3.63, 3.8) is 0 Å². The van der Waals surface area contributed by atoms with Gasteiger partial charge in [0.1, 0.15) is 12.4 Å². The van der Waals surface area contributed by atoms with Crippen molar-refractivity contribution in [2.75, 3.05) is 19.8 Å². The fourth-order valence-electron chi connectivity index (χ4n) is 1.10. The first-order valence-electron chi connectivity index (χ1n) is 4.80. The van der Waals surface area contributed by atoms with Gasteiger partial charge in [-0.3, -0.25) is 0 Å². The molecule has 0 aromatic carbocycles. The number of nitrogens with one attached hydrogen (secondary N) is 1. The summed E-state index contributed by atoms with van der Waals surface area (Å²) in [4.78, 5) is 4.05. The molecule has 0 atom stereocenters. The molecule has 1 aromatic rings. The number of imidazole rings is 1. The number of aromatic nitrogens is 2. The van der Waals surface area contributed by atoms with Gasteiger partial charge >= 0.3 is 6.18 Å². The Hall–Kier alpha value is -1.08. The first-order valence-corrected chi connectivity index (χ1v) is 4.80. The molecule has 0 saturated carbocycles. The van der Waals surface area contributed by atoms with Crippen molar-refractivity contribution in [3.8, 4) is 0 Å². The van der Waals surface area contributed by atoms with Crippen LogP contribution in [-0.2, 0) is 18.3 Å². The number of rotatable bonds is 6. The second-order valence-electron chi connectivity index (χ2n) is 3.30. The highest BCUT2D eigenvalue weighted by molar-refractivity contribution is 4.90. The third-order valence-corrected chi connectivity index (χ3v) is 1.89. The first-order chi connectivity index (χ1) is 7.49. The van der Waals surface area contributed by atoms with Crippen molar-refractivity contribution in [1.82, 2.24) is 14.9 Å². The van der Waals surface area contributed by atoms with E-state index in [2.05, 4.69) is 15.0 Å². The van der Waals surface area contributed by atoms with Crippen LogP contribution in [0.2, 0.25) is 0 Å². The number of hydrogen-bond donors (Lipinski definition) is 1. The van der Waals surface area contributed by atoms with Crippen molar-refractivity contribution in [1.29, 1.82) is 0 Å². The largest absolute Gasteiger partial charge is 0.411 e. The van der Waals surface area contributed by atoms with Crippen LogP contribution in [0.5, 0.6) is 0 Å². The summed E-state index contributed by atoms with van der Waals surface area (Å²) in [6.45, 7) is -0.289. The number of aryl methyl sites for hydroxylation is 1. The van der Waals surface area contributed by atoms with Crippen LogP contribution in [0.3, 0.4) is 0 Å². The minimum absolute atomic E-state index is 0.0317. The van der Waals surface area contributed by atoms with Crippen LogP contribution in [0.25, 0.3) is 0 Å². The molecule has 0 unspecified atom stereocenters. The van der Waals surface area contributed by atoms with Crippen molar-refractivity contribution >= 4 is 0 Å². The number of nitrogens with zero attached hydrogens (tertiary/aromatic N) is 2. The zero-order chi connectivity index (χ0) is 12.0. The van der Waals surface area contributed by atoms with E-state index in [9.17, 15) is 13.2 Å². The topological polar surface area (TPSA) is 39.1 Å². The van der Waals surface area contributed by atoms with Gasteiger partial charge in [0.05, 0.1) is 13.2 Å². The van der Waals surface area contributed by atoms with Gasteiger partial charge in [0, 0.05) is 26.0 Å². The summed E-state index contributed by atoms with van der Waals surface area (Å²) >= 11 is 0. The minimum Gasteiger partial charge on any atom is -0.371 e. The Morgan fingerprint density at radius 3 is 2.81 bits per heavy atom. The molecule has 0 bridgehead atoms. The molecule has 0 aliphatic carbocycles. The maximum atomic E-state index is 11.7. The average Bonchev–Trinajstić information content (AvgIpc) is 2.56. The molecule has 1 rings (SSSR count). The number of alkyl halides is 3. The van der Waals surface area contributed by atoms with Crippen LogP contribution in [0.15, 0.2) is 12.4 Å². The van der Waals surface area contributed by atoms with Gasteiger partial charge in [0.2, 0.25) is 0 Å². The molecule has 0 amide bonds. The summed E-state index contributed by atoms with van der Waals surface area (Å²) in [5.41, 5.74) is 0. The van der Waals surface area contributed by atoms with Crippen molar-refractivity contribution in [3.05, 3.63) is 18.2 Å². The Balaban J connectivity index is 2.03. The lowest BCUT2D eigenvalue weighted by Gasteiger charge is -2.08. The van der Waals surface area contributed by atoms with Crippen LogP contribution in [-0.4, -0.2) is 35.5 Å². The zero-order valence-electron chi connectivity index (χ0n) is 8.92. The molecule has 1 heterocycles. The molecule has 1 aromatic heterocycles. The SMILES string of the molecule is Cn1ccnc1CNCCOCC(F)(F)F. The van der Waals surface area contributed by atoms with Gasteiger partial charge in [-0.05, 0) is 0 Å². The van der Waals surface area contributed by atoms with E-state index in [1.807, 2.05) is 11.6 Å². The van der Waals surface area contributed by atoms with E-state index in [0.717, 1.165) is 5.82 Å². The van der Waals surface area contributed by atoms with Crippen LogP contribution in [0.1, 0.15) is 5.82 Å². The van der Waals surface area contributed by atoms with Crippen molar-refractivity contribution < 1.29 is 17.9 Å². The van der Waals surface area contributed by atoms with Crippen LogP contribution < -0.4 is 5.32 Å². The Morgan fingerprint density at radius 1 is 1.50 bits per heavy atom. The monoisotopic (exact) mass is 237 g/mol. The maximum Gasteiger partial charge on any atom is 0.411 e. The van der Waals surface area contributed by atoms with Crippen LogP contribution in [0, 0.1) is 0 Å². The van der Waals surface area contributed by atoms with Gasteiger partial charge in [-0.2, -0.15) is 13.2 Å². The highest BCUT2D eigenvalue weighted by Crippen LogP contribution is 2.13. The quantitative estimate of drug-likeness (QED) is 0.753. The molecule has 0 aliphatic rings. The van der Waals surface area contributed by atoms with Gasteiger partial charge in [-0.15, -0.1) is 0 Å². The maximum absolute atomic E-state index is 11.7. The second kappa shape index (κ2) is 5.86. The van der Waals surface area contributed by atoms with Gasteiger partial charge in [-0.25, -0.2) is 4.98 Å². The van der Waals surface area contributed by atoms with Crippen LogP contribution >= 0.6 is 0 Å². The third kappa shape index (κ3) is 5.13. The molecule has 4 nitrogen and oxygen atoms in total. The Labute approximate surface area is 91.4 Å². The summed E-state index contributed by atoms with van der Waals surface area (Å²) < 4.78 is 41.3.